The van der Waals surface area contributed by atoms with Crippen LogP contribution in [0, 0.1) is 0 Å². The van der Waals surface area contributed by atoms with Crippen LogP contribution >= 0.6 is 0 Å². The number of nitrogens with zero attached hydrogens (tertiary/aromatic N) is 1. The SMILES string of the molecule is CCOC(=O)c1cccc(C2c3ccccc3C(C)CN2Cc2cccc(C(F)(F)F)c2)c1. The van der Waals surface area contributed by atoms with Crippen molar-refractivity contribution < 1.29 is 22.7 Å². The molecule has 3 nitrogen and oxygen atoms in total. The largest absolute Gasteiger partial charge is 0.462 e. The summed E-state index contributed by atoms with van der Waals surface area (Å²) in [7, 11) is 0. The molecule has 6 heteroatoms. The number of benzene rings is 3. The number of hydrogen-bond donors (Lipinski definition) is 0. The summed E-state index contributed by atoms with van der Waals surface area (Å²) in [4.78, 5) is 14.5. The van der Waals surface area contributed by atoms with Crippen molar-refractivity contribution in [2.75, 3.05) is 13.2 Å². The number of carbonyl (C=O) groups excluding carboxylic acids is 1. The minimum absolute atomic E-state index is 0.193. The van der Waals surface area contributed by atoms with Gasteiger partial charge in [-0.1, -0.05) is 61.5 Å². The van der Waals surface area contributed by atoms with Crippen LogP contribution in [0.25, 0.3) is 0 Å². The average Bonchev–Trinajstić information content (AvgIpc) is 2.79. The van der Waals surface area contributed by atoms with Gasteiger partial charge < -0.3 is 4.74 Å². The predicted molar refractivity (Wildman–Crippen MR) is 121 cm³/mol. The Morgan fingerprint density at radius 2 is 1.73 bits per heavy atom. The highest BCUT2D eigenvalue weighted by Gasteiger charge is 2.34. The molecule has 1 aliphatic rings. The lowest BCUT2D eigenvalue weighted by atomic mass is 9.82. The number of hydrogen-bond acceptors (Lipinski definition) is 3. The first-order valence-corrected chi connectivity index (χ1v) is 11.0. The Kier molecular flexibility index (Phi) is 6.56. The van der Waals surface area contributed by atoms with Crippen LogP contribution in [-0.2, 0) is 17.5 Å². The molecule has 0 amide bonds. The second kappa shape index (κ2) is 9.40. The molecule has 1 heterocycles. The number of esters is 1. The normalized spacial score (nSPS) is 18.6. The molecule has 0 bridgehead atoms. The Morgan fingerprint density at radius 1 is 1.00 bits per heavy atom. The highest BCUT2D eigenvalue weighted by molar-refractivity contribution is 5.89. The molecule has 4 rings (SSSR count). The van der Waals surface area contributed by atoms with E-state index in [4.69, 9.17) is 4.74 Å². The van der Waals surface area contributed by atoms with Gasteiger partial charge in [-0.15, -0.1) is 0 Å². The molecule has 0 spiro atoms. The Hall–Kier alpha value is -3.12. The highest BCUT2D eigenvalue weighted by Crippen LogP contribution is 2.41. The lowest BCUT2D eigenvalue weighted by molar-refractivity contribution is -0.137. The summed E-state index contributed by atoms with van der Waals surface area (Å²) in [6.07, 6.45) is -4.38. The van der Waals surface area contributed by atoms with Gasteiger partial charge in [0, 0.05) is 13.1 Å². The Bertz CT molecular complexity index is 1140. The van der Waals surface area contributed by atoms with Crippen molar-refractivity contribution in [3.05, 3.63) is 106 Å². The molecule has 0 aliphatic carbocycles. The van der Waals surface area contributed by atoms with Gasteiger partial charge in [0.1, 0.15) is 0 Å². The summed E-state index contributed by atoms with van der Waals surface area (Å²) in [5.74, 6) is -0.169. The van der Waals surface area contributed by atoms with E-state index in [9.17, 15) is 18.0 Å². The monoisotopic (exact) mass is 453 g/mol. The van der Waals surface area contributed by atoms with E-state index in [-0.39, 0.29) is 24.5 Å². The topological polar surface area (TPSA) is 29.5 Å². The van der Waals surface area contributed by atoms with E-state index >= 15 is 0 Å². The van der Waals surface area contributed by atoms with E-state index in [0.29, 0.717) is 24.2 Å². The minimum Gasteiger partial charge on any atom is -0.462 e. The molecule has 0 radical (unpaired) electrons. The second-order valence-electron chi connectivity index (χ2n) is 8.41. The van der Waals surface area contributed by atoms with Gasteiger partial charge >= 0.3 is 12.1 Å². The third-order valence-electron chi connectivity index (χ3n) is 6.05. The van der Waals surface area contributed by atoms with Crippen LogP contribution in [-0.4, -0.2) is 24.0 Å². The Morgan fingerprint density at radius 3 is 2.45 bits per heavy atom. The van der Waals surface area contributed by atoms with Gasteiger partial charge in [0.25, 0.3) is 0 Å². The van der Waals surface area contributed by atoms with Crippen molar-refractivity contribution in [1.82, 2.24) is 4.90 Å². The molecular formula is C27H26F3NO2. The quantitative estimate of drug-likeness (QED) is 0.408. The van der Waals surface area contributed by atoms with Crippen molar-refractivity contribution in [2.24, 2.45) is 0 Å². The van der Waals surface area contributed by atoms with Crippen LogP contribution in [0.5, 0.6) is 0 Å². The second-order valence-corrected chi connectivity index (χ2v) is 8.41. The van der Waals surface area contributed by atoms with Crippen LogP contribution in [0.1, 0.15) is 64.0 Å². The molecule has 3 aromatic carbocycles. The molecule has 0 fully saturated rings. The maximum absolute atomic E-state index is 13.3. The zero-order chi connectivity index (χ0) is 23.6. The van der Waals surface area contributed by atoms with Gasteiger partial charge in [-0.05, 0) is 53.3 Å². The van der Waals surface area contributed by atoms with E-state index in [2.05, 4.69) is 24.0 Å². The first kappa shape index (κ1) is 23.1. The first-order chi connectivity index (χ1) is 15.8. The number of fused-ring (bicyclic) bond motifs is 1. The fourth-order valence-corrected chi connectivity index (χ4v) is 4.64. The van der Waals surface area contributed by atoms with Crippen LogP contribution in [0.2, 0.25) is 0 Å². The van der Waals surface area contributed by atoms with Crippen LogP contribution in [0.4, 0.5) is 13.2 Å². The molecule has 0 aromatic heterocycles. The third-order valence-corrected chi connectivity index (χ3v) is 6.05. The van der Waals surface area contributed by atoms with Crippen LogP contribution in [0.15, 0.2) is 72.8 Å². The fraction of sp³-hybridized carbons (Fsp3) is 0.296. The van der Waals surface area contributed by atoms with E-state index in [1.54, 1.807) is 19.1 Å². The number of halogens is 3. The number of ether oxygens (including phenoxy) is 1. The van der Waals surface area contributed by atoms with Crippen molar-refractivity contribution in [3.8, 4) is 0 Å². The third kappa shape index (κ3) is 4.96. The molecule has 2 unspecified atom stereocenters. The molecule has 3 aromatic rings. The molecule has 2 atom stereocenters. The Labute approximate surface area is 191 Å². The molecular weight excluding hydrogens is 427 g/mol. The van der Waals surface area contributed by atoms with Crippen molar-refractivity contribution in [3.63, 3.8) is 0 Å². The van der Waals surface area contributed by atoms with E-state index in [0.717, 1.165) is 17.2 Å². The predicted octanol–water partition coefficient (Wildman–Crippen LogP) is 6.59. The Balaban J connectivity index is 1.75. The molecule has 0 N–H and O–H groups in total. The van der Waals surface area contributed by atoms with E-state index in [1.165, 1.54) is 17.7 Å². The van der Waals surface area contributed by atoms with Gasteiger partial charge in [0.15, 0.2) is 0 Å². The average molecular weight is 454 g/mol. The van der Waals surface area contributed by atoms with Crippen molar-refractivity contribution >= 4 is 5.97 Å². The lowest BCUT2D eigenvalue weighted by Gasteiger charge is -2.41. The summed E-state index contributed by atoms with van der Waals surface area (Å²) in [5, 5.41) is 0. The van der Waals surface area contributed by atoms with Crippen molar-refractivity contribution in [2.45, 2.75) is 38.5 Å². The summed E-state index contributed by atoms with van der Waals surface area (Å²) in [6.45, 7) is 5.22. The fourth-order valence-electron chi connectivity index (χ4n) is 4.64. The zero-order valence-corrected chi connectivity index (χ0v) is 18.6. The van der Waals surface area contributed by atoms with Gasteiger partial charge in [0.05, 0.1) is 23.8 Å². The van der Waals surface area contributed by atoms with Crippen LogP contribution < -0.4 is 0 Å². The first-order valence-electron chi connectivity index (χ1n) is 11.0. The molecule has 0 saturated carbocycles. The highest BCUT2D eigenvalue weighted by atomic mass is 19.4. The van der Waals surface area contributed by atoms with Crippen molar-refractivity contribution in [1.29, 1.82) is 0 Å². The van der Waals surface area contributed by atoms with E-state index in [1.807, 2.05) is 30.3 Å². The lowest BCUT2D eigenvalue weighted by Crippen LogP contribution is -2.37. The molecule has 1 aliphatic heterocycles. The smallest absolute Gasteiger partial charge is 0.416 e. The van der Waals surface area contributed by atoms with Gasteiger partial charge in [-0.2, -0.15) is 13.2 Å². The van der Waals surface area contributed by atoms with Gasteiger partial charge in [-0.3, -0.25) is 4.90 Å². The maximum atomic E-state index is 13.3. The van der Waals surface area contributed by atoms with Gasteiger partial charge in [0.2, 0.25) is 0 Å². The number of carbonyl (C=O) groups is 1. The summed E-state index contributed by atoms with van der Waals surface area (Å²) < 4.78 is 45.0. The zero-order valence-electron chi connectivity index (χ0n) is 18.6. The molecule has 172 valence electrons. The molecule has 33 heavy (non-hydrogen) atoms. The number of rotatable bonds is 5. The van der Waals surface area contributed by atoms with Gasteiger partial charge in [-0.25, -0.2) is 4.79 Å². The molecule has 0 saturated heterocycles. The summed E-state index contributed by atoms with van der Waals surface area (Å²) in [5.41, 5.74) is 3.64. The van der Waals surface area contributed by atoms with E-state index < -0.39 is 11.7 Å². The minimum atomic E-state index is -4.38. The summed E-state index contributed by atoms with van der Waals surface area (Å²) >= 11 is 0. The maximum Gasteiger partial charge on any atom is 0.416 e. The number of alkyl halides is 3. The van der Waals surface area contributed by atoms with Crippen LogP contribution in [0.3, 0.4) is 0 Å². The standard InChI is InChI=1S/C27H26F3NO2/c1-3-33-26(32)21-10-7-9-20(15-21)25-24-13-5-4-12-23(24)18(2)16-31(25)17-19-8-6-11-22(14-19)27(28,29)30/h4-15,18,25H,3,16-17H2,1-2H3. The summed E-state index contributed by atoms with van der Waals surface area (Å²) in [6, 6.07) is 20.8.